The zero-order valence-corrected chi connectivity index (χ0v) is 16.8. The van der Waals surface area contributed by atoms with Gasteiger partial charge in [-0.1, -0.05) is 180 Å². The summed E-state index contributed by atoms with van der Waals surface area (Å²) in [5.41, 5.74) is 0. The molecule has 0 radical (unpaired) electrons. The Morgan fingerprint density at radius 3 is 0.643 bits per heavy atom. The first-order valence-electron chi connectivity index (χ1n) is 9.37. The quantitative estimate of drug-likeness (QED) is 0.403. The van der Waals surface area contributed by atoms with Gasteiger partial charge in [0.05, 0.1) is 0 Å². The van der Waals surface area contributed by atoms with Crippen LogP contribution in [0.25, 0.3) is 0 Å². The smallest absolute Gasteiger partial charge is 0.0471 e. The molecular weight excluding hydrogens is 336 g/mol. The molecule has 0 aliphatic rings. The van der Waals surface area contributed by atoms with Crippen molar-refractivity contribution in [2.75, 3.05) is 0 Å². The Kier molecular flexibility index (Phi) is 265. The van der Waals surface area contributed by atoms with Crippen LogP contribution < -0.4 is 0 Å². The SMILES string of the molecule is C.C.C.C.C.C.C.C.CCC(C)C.CCCC.CCCC(C)C.CCCCC. The minimum Gasteiger partial charge on any atom is -0.0776 e. The molecule has 0 aliphatic heterocycles. The van der Waals surface area contributed by atoms with Gasteiger partial charge in [0.1, 0.15) is 0 Å². The topological polar surface area (TPSA) is 0 Å². The molecule has 28 heavy (non-hydrogen) atoms. The first-order chi connectivity index (χ1) is 9.37. The molecule has 0 fully saturated rings. The summed E-state index contributed by atoms with van der Waals surface area (Å²) < 4.78 is 0. The maximum Gasteiger partial charge on any atom is -0.0471 e. The highest BCUT2D eigenvalue weighted by atomic mass is 13.9. The minimum absolute atomic E-state index is 0. The number of hydrogen-bond donors (Lipinski definition) is 0. The molecular formula is C28H80. The van der Waals surface area contributed by atoms with Crippen molar-refractivity contribution in [1.29, 1.82) is 0 Å². The standard InChI is InChI=1S/C6H14.2C5H12.C4H10.8CH4/c1-4-5-6(2)3;1-4-5(2)3;1-3-5-4-2;1-3-4-2;;;;;;;;/h6H,4-5H2,1-3H3;5H,4H2,1-3H3;3-5H2,1-2H3;3-4H2,1-2H3;8*1H4. The van der Waals surface area contributed by atoms with Crippen LogP contribution in [0.4, 0.5) is 0 Å². The van der Waals surface area contributed by atoms with E-state index in [-0.39, 0.29) is 59.4 Å². The van der Waals surface area contributed by atoms with E-state index < -0.39 is 0 Å². The molecule has 0 unspecified atom stereocenters. The van der Waals surface area contributed by atoms with Gasteiger partial charge in [-0.05, 0) is 11.8 Å². The summed E-state index contributed by atoms with van der Waals surface area (Å²) in [5, 5.41) is 0. The second-order valence-corrected chi connectivity index (χ2v) is 6.34. The lowest BCUT2D eigenvalue weighted by atomic mass is 10.1. The Balaban J connectivity index is -0.0000000112. The Bertz CT molecular complexity index is 98.6. The molecule has 0 nitrogen and oxygen atoms in total. The van der Waals surface area contributed by atoms with Crippen molar-refractivity contribution in [2.24, 2.45) is 11.8 Å². The third-order valence-corrected chi connectivity index (χ3v) is 2.89. The average molecular weight is 417 g/mol. The molecule has 0 aliphatic carbocycles. The minimum atomic E-state index is 0. The van der Waals surface area contributed by atoms with Crippen LogP contribution in [0.5, 0.6) is 0 Å². The highest BCUT2D eigenvalue weighted by Gasteiger charge is 1.85. The van der Waals surface area contributed by atoms with Gasteiger partial charge in [0.2, 0.25) is 0 Å². The van der Waals surface area contributed by atoms with Crippen molar-refractivity contribution in [3.05, 3.63) is 0 Å². The Labute approximate surface area is 192 Å². The lowest BCUT2D eigenvalue weighted by molar-refractivity contribution is 0.576. The largest absolute Gasteiger partial charge is 0.0776 e. The van der Waals surface area contributed by atoms with E-state index >= 15 is 0 Å². The van der Waals surface area contributed by atoms with E-state index in [4.69, 9.17) is 0 Å². The fourth-order valence-electron chi connectivity index (χ4n) is 0.931. The fraction of sp³-hybridized carbons (Fsp3) is 1.00. The van der Waals surface area contributed by atoms with Gasteiger partial charge in [-0.3, -0.25) is 0 Å². The van der Waals surface area contributed by atoms with Crippen LogP contribution in [0.1, 0.15) is 180 Å². The van der Waals surface area contributed by atoms with E-state index in [9.17, 15) is 0 Å². The molecule has 0 saturated heterocycles. The van der Waals surface area contributed by atoms with Gasteiger partial charge in [0.25, 0.3) is 0 Å². The average Bonchev–Trinajstić information content (AvgIpc) is 2.41. The van der Waals surface area contributed by atoms with Crippen molar-refractivity contribution < 1.29 is 0 Å². The monoisotopic (exact) mass is 417 g/mol. The van der Waals surface area contributed by atoms with Crippen molar-refractivity contribution in [2.45, 2.75) is 180 Å². The Hall–Kier alpha value is 0. The molecule has 0 rings (SSSR count). The maximum absolute atomic E-state index is 2.25. The van der Waals surface area contributed by atoms with Crippen molar-refractivity contribution in [1.82, 2.24) is 0 Å². The predicted molar refractivity (Wildman–Crippen MR) is 155 cm³/mol. The maximum atomic E-state index is 2.25. The molecule has 0 heterocycles. The van der Waals surface area contributed by atoms with E-state index in [1.54, 1.807) is 0 Å². The van der Waals surface area contributed by atoms with Crippen LogP contribution in [0.2, 0.25) is 0 Å². The van der Waals surface area contributed by atoms with Gasteiger partial charge in [-0.2, -0.15) is 0 Å². The van der Waals surface area contributed by atoms with Gasteiger partial charge >= 0.3 is 0 Å². The first-order valence-corrected chi connectivity index (χ1v) is 9.37. The molecule has 0 aromatic rings. The third-order valence-electron chi connectivity index (χ3n) is 2.89. The van der Waals surface area contributed by atoms with Gasteiger partial charge < -0.3 is 0 Å². The van der Waals surface area contributed by atoms with E-state index in [1.165, 1.54) is 51.4 Å². The zero-order chi connectivity index (χ0) is 16.8. The molecule has 0 amide bonds. The molecule has 0 saturated carbocycles. The zero-order valence-electron chi connectivity index (χ0n) is 16.8. The number of unbranched alkanes of at least 4 members (excludes halogenated alkanes) is 3. The molecule has 0 heteroatoms. The summed E-state index contributed by atoms with van der Waals surface area (Å²) in [6.07, 6.45) is 10.7. The highest BCUT2D eigenvalue weighted by Crippen LogP contribution is 2.00. The molecule has 0 spiro atoms. The molecule has 192 valence electrons. The van der Waals surface area contributed by atoms with Crippen LogP contribution in [-0.2, 0) is 0 Å². The van der Waals surface area contributed by atoms with Crippen LogP contribution in [0, 0.1) is 11.8 Å². The van der Waals surface area contributed by atoms with Crippen LogP contribution in [0.3, 0.4) is 0 Å². The summed E-state index contributed by atoms with van der Waals surface area (Å²) in [6.45, 7) is 22.2. The van der Waals surface area contributed by atoms with E-state index in [1.807, 2.05) is 0 Å². The summed E-state index contributed by atoms with van der Waals surface area (Å²) in [6, 6.07) is 0. The van der Waals surface area contributed by atoms with Crippen LogP contribution in [-0.4, -0.2) is 0 Å². The van der Waals surface area contributed by atoms with Gasteiger partial charge in [0.15, 0.2) is 0 Å². The fourth-order valence-corrected chi connectivity index (χ4v) is 0.931. The van der Waals surface area contributed by atoms with Crippen LogP contribution >= 0.6 is 0 Å². The van der Waals surface area contributed by atoms with E-state index in [2.05, 4.69) is 69.2 Å². The van der Waals surface area contributed by atoms with Crippen molar-refractivity contribution in [3.63, 3.8) is 0 Å². The Morgan fingerprint density at radius 2 is 0.643 bits per heavy atom. The second-order valence-electron chi connectivity index (χ2n) is 6.34. The lowest BCUT2D eigenvalue weighted by Gasteiger charge is -1.95. The summed E-state index contributed by atoms with van der Waals surface area (Å²) in [4.78, 5) is 0. The molecule has 0 aromatic heterocycles. The Morgan fingerprint density at radius 1 is 0.393 bits per heavy atom. The van der Waals surface area contributed by atoms with Crippen molar-refractivity contribution in [3.8, 4) is 0 Å². The first kappa shape index (κ1) is 79.7. The van der Waals surface area contributed by atoms with E-state index in [0.717, 1.165) is 11.8 Å². The lowest BCUT2D eigenvalue weighted by Crippen LogP contribution is -1.81. The predicted octanol–water partition coefficient (Wildman–Crippen LogP) is 13.6. The van der Waals surface area contributed by atoms with Gasteiger partial charge in [0, 0.05) is 0 Å². The van der Waals surface area contributed by atoms with Gasteiger partial charge in [-0.25, -0.2) is 0 Å². The summed E-state index contributed by atoms with van der Waals surface area (Å²) in [7, 11) is 0. The summed E-state index contributed by atoms with van der Waals surface area (Å²) in [5.74, 6) is 1.78. The molecule has 0 bridgehead atoms. The van der Waals surface area contributed by atoms with Crippen molar-refractivity contribution >= 4 is 0 Å². The van der Waals surface area contributed by atoms with Crippen LogP contribution in [0.15, 0.2) is 0 Å². The number of hydrogen-bond acceptors (Lipinski definition) is 0. The molecule has 0 N–H and O–H groups in total. The summed E-state index contributed by atoms with van der Waals surface area (Å²) >= 11 is 0. The third kappa shape index (κ3) is 254. The number of rotatable bonds is 6. The normalized spacial score (nSPS) is 6.43. The van der Waals surface area contributed by atoms with Gasteiger partial charge in [-0.15, -0.1) is 0 Å². The second kappa shape index (κ2) is 93.1. The van der Waals surface area contributed by atoms with E-state index in [0.29, 0.717) is 0 Å². The highest BCUT2D eigenvalue weighted by molar-refractivity contribution is 4.38. The molecule has 0 atom stereocenters. The molecule has 0 aromatic carbocycles.